The van der Waals surface area contributed by atoms with Gasteiger partial charge in [-0.3, -0.25) is 4.99 Å². The molecule has 0 aromatic carbocycles. The highest BCUT2D eigenvalue weighted by Gasteiger charge is 1.90. The van der Waals surface area contributed by atoms with Crippen LogP contribution in [0.25, 0.3) is 0 Å². The number of nitrogens with zero attached hydrogens (tertiary/aromatic N) is 1. The summed E-state index contributed by atoms with van der Waals surface area (Å²) in [4.78, 5) is 3.96. The smallest absolute Gasteiger partial charge is 0.0226 e. The monoisotopic (exact) mass is 140 g/mol. The first kappa shape index (κ1) is 9.37. The predicted molar refractivity (Wildman–Crippen MR) is 46.4 cm³/mol. The van der Waals surface area contributed by atoms with Crippen molar-refractivity contribution in [2.24, 2.45) is 10.9 Å². The largest absolute Gasteiger partial charge is 0.319 e. The third-order valence-electron chi connectivity index (χ3n) is 1.18. The SMILES string of the molecule is C/C=N\C=C/[C@H](C)CNC. The highest BCUT2D eigenvalue weighted by Crippen LogP contribution is 1.93. The lowest BCUT2D eigenvalue weighted by Gasteiger charge is -2.01. The molecule has 2 heteroatoms. The molecule has 0 aliphatic carbocycles. The summed E-state index contributed by atoms with van der Waals surface area (Å²) in [6.07, 6.45) is 5.70. The summed E-state index contributed by atoms with van der Waals surface area (Å²) in [5.74, 6) is 0.564. The Kier molecular flexibility index (Phi) is 6.08. The fourth-order valence-corrected chi connectivity index (χ4v) is 0.673. The van der Waals surface area contributed by atoms with Crippen molar-refractivity contribution in [3.63, 3.8) is 0 Å². The standard InChI is InChI=1S/C8H16N2/c1-4-10-6-5-8(2)7-9-3/h4-6,8-9H,7H2,1-3H3/b6-5-,10-4-/t8-/m0/s1. The second-order valence-electron chi connectivity index (χ2n) is 2.28. The van der Waals surface area contributed by atoms with Crippen LogP contribution >= 0.6 is 0 Å². The zero-order chi connectivity index (χ0) is 7.82. The third-order valence-corrected chi connectivity index (χ3v) is 1.18. The van der Waals surface area contributed by atoms with E-state index < -0.39 is 0 Å². The number of rotatable bonds is 4. The second-order valence-corrected chi connectivity index (χ2v) is 2.28. The molecule has 0 heterocycles. The molecule has 0 unspecified atom stereocenters. The van der Waals surface area contributed by atoms with E-state index in [1.165, 1.54) is 0 Å². The quantitative estimate of drug-likeness (QED) is 0.587. The summed E-state index contributed by atoms with van der Waals surface area (Å²) < 4.78 is 0. The van der Waals surface area contributed by atoms with Gasteiger partial charge in [0.05, 0.1) is 0 Å². The van der Waals surface area contributed by atoms with Gasteiger partial charge >= 0.3 is 0 Å². The van der Waals surface area contributed by atoms with Gasteiger partial charge < -0.3 is 5.32 Å². The Morgan fingerprint density at radius 2 is 2.30 bits per heavy atom. The summed E-state index contributed by atoms with van der Waals surface area (Å²) in [5.41, 5.74) is 0. The Morgan fingerprint density at radius 1 is 1.60 bits per heavy atom. The summed E-state index contributed by atoms with van der Waals surface area (Å²) in [6, 6.07) is 0. The lowest BCUT2D eigenvalue weighted by Crippen LogP contribution is -2.14. The molecule has 0 saturated heterocycles. The minimum Gasteiger partial charge on any atom is -0.319 e. The molecular weight excluding hydrogens is 124 g/mol. The van der Waals surface area contributed by atoms with E-state index >= 15 is 0 Å². The van der Waals surface area contributed by atoms with E-state index in [9.17, 15) is 0 Å². The van der Waals surface area contributed by atoms with E-state index in [2.05, 4.69) is 23.3 Å². The normalized spacial score (nSPS) is 15.1. The molecule has 10 heavy (non-hydrogen) atoms. The van der Waals surface area contributed by atoms with E-state index in [-0.39, 0.29) is 0 Å². The first-order valence-electron chi connectivity index (χ1n) is 3.60. The Balaban J connectivity index is 3.44. The average molecular weight is 140 g/mol. The molecule has 2 nitrogen and oxygen atoms in total. The number of aliphatic imine (C=N–C) groups is 1. The Labute approximate surface area is 63.0 Å². The van der Waals surface area contributed by atoms with Crippen LogP contribution in [-0.2, 0) is 0 Å². The van der Waals surface area contributed by atoms with Crippen LogP contribution in [0.3, 0.4) is 0 Å². The highest BCUT2D eigenvalue weighted by molar-refractivity contribution is 5.54. The van der Waals surface area contributed by atoms with Crippen molar-refractivity contribution in [1.29, 1.82) is 0 Å². The van der Waals surface area contributed by atoms with Gasteiger partial charge in [0, 0.05) is 19.0 Å². The minimum atomic E-state index is 0.564. The zero-order valence-electron chi connectivity index (χ0n) is 6.96. The van der Waals surface area contributed by atoms with Crippen LogP contribution < -0.4 is 5.32 Å². The fraction of sp³-hybridized carbons (Fsp3) is 0.625. The van der Waals surface area contributed by atoms with Crippen LogP contribution in [-0.4, -0.2) is 19.8 Å². The highest BCUT2D eigenvalue weighted by atomic mass is 14.8. The molecule has 1 N–H and O–H groups in total. The van der Waals surface area contributed by atoms with Crippen molar-refractivity contribution in [2.75, 3.05) is 13.6 Å². The van der Waals surface area contributed by atoms with Crippen molar-refractivity contribution in [3.05, 3.63) is 12.3 Å². The van der Waals surface area contributed by atoms with E-state index in [4.69, 9.17) is 0 Å². The number of nitrogens with one attached hydrogen (secondary N) is 1. The third kappa shape index (κ3) is 5.51. The van der Waals surface area contributed by atoms with Gasteiger partial charge in [-0.1, -0.05) is 13.0 Å². The van der Waals surface area contributed by atoms with Crippen LogP contribution in [0, 0.1) is 5.92 Å². The first-order valence-corrected chi connectivity index (χ1v) is 3.60. The van der Waals surface area contributed by atoms with Gasteiger partial charge in [-0.05, 0) is 19.9 Å². The molecule has 0 fully saturated rings. The first-order chi connectivity index (χ1) is 4.81. The number of hydrogen-bond acceptors (Lipinski definition) is 2. The van der Waals surface area contributed by atoms with Crippen molar-refractivity contribution in [1.82, 2.24) is 5.32 Å². The van der Waals surface area contributed by atoms with Crippen molar-refractivity contribution in [2.45, 2.75) is 13.8 Å². The summed E-state index contributed by atoms with van der Waals surface area (Å²) in [6.45, 7) is 5.07. The van der Waals surface area contributed by atoms with E-state index in [1.54, 1.807) is 6.21 Å². The van der Waals surface area contributed by atoms with E-state index in [0.29, 0.717) is 5.92 Å². The molecule has 0 amide bonds. The zero-order valence-corrected chi connectivity index (χ0v) is 6.96. The predicted octanol–water partition coefficient (Wildman–Crippen LogP) is 1.45. The molecule has 0 saturated carbocycles. The fourth-order valence-electron chi connectivity index (χ4n) is 0.673. The Hall–Kier alpha value is -0.630. The summed E-state index contributed by atoms with van der Waals surface area (Å²) in [7, 11) is 1.95. The van der Waals surface area contributed by atoms with Gasteiger partial charge in [0.15, 0.2) is 0 Å². The minimum absolute atomic E-state index is 0.564. The summed E-state index contributed by atoms with van der Waals surface area (Å²) in [5, 5.41) is 3.09. The molecule has 0 radical (unpaired) electrons. The molecule has 0 spiro atoms. The molecular formula is C8H16N2. The molecule has 0 aromatic rings. The van der Waals surface area contributed by atoms with Gasteiger partial charge in [-0.2, -0.15) is 0 Å². The van der Waals surface area contributed by atoms with Crippen molar-refractivity contribution in [3.8, 4) is 0 Å². The average Bonchev–Trinajstić information content (AvgIpc) is 1.89. The maximum Gasteiger partial charge on any atom is 0.0226 e. The van der Waals surface area contributed by atoms with Crippen molar-refractivity contribution < 1.29 is 0 Å². The maximum absolute atomic E-state index is 3.96. The molecule has 0 aliphatic rings. The van der Waals surface area contributed by atoms with Crippen LogP contribution in [0.2, 0.25) is 0 Å². The van der Waals surface area contributed by atoms with Crippen LogP contribution in [0.4, 0.5) is 0 Å². The van der Waals surface area contributed by atoms with Crippen molar-refractivity contribution >= 4 is 6.21 Å². The van der Waals surface area contributed by atoms with Gasteiger partial charge in [0.25, 0.3) is 0 Å². The molecule has 0 bridgehead atoms. The number of hydrogen-bond donors (Lipinski definition) is 1. The maximum atomic E-state index is 3.96. The van der Waals surface area contributed by atoms with E-state index in [0.717, 1.165) is 6.54 Å². The van der Waals surface area contributed by atoms with E-state index in [1.807, 2.05) is 20.2 Å². The molecule has 58 valence electrons. The Bertz CT molecular complexity index is 116. The molecule has 0 aliphatic heterocycles. The van der Waals surface area contributed by atoms with Crippen LogP contribution in [0.15, 0.2) is 17.3 Å². The van der Waals surface area contributed by atoms with Crippen LogP contribution in [0.1, 0.15) is 13.8 Å². The van der Waals surface area contributed by atoms with Gasteiger partial charge in [-0.25, -0.2) is 0 Å². The Morgan fingerprint density at radius 3 is 2.80 bits per heavy atom. The van der Waals surface area contributed by atoms with Crippen LogP contribution in [0.5, 0.6) is 0 Å². The lowest BCUT2D eigenvalue weighted by atomic mass is 10.2. The summed E-state index contributed by atoms with van der Waals surface area (Å²) >= 11 is 0. The topological polar surface area (TPSA) is 24.4 Å². The molecule has 1 atom stereocenters. The van der Waals surface area contributed by atoms with Gasteiger partial charge in [0.1, 0.15) is 0 Å². The van der Waals surface area contributed by atoms with Gasteiger partial charge in [0.2, 0.25) is 0 Å². The lowest BCUT2D eigenvalue weighted by molar-refractivity contribution is 0.649. The molecule has 0 rings (SSSR count). The van der Waals surface area contributed by atoms with Gasteiger partial charge in [-0.15, -0.1) is 0 Å². The second kappa shape index (κ2) is 6.49. The molecule has 0 aromatic heterocycles.